The highest BCUT2D eigenvalue weighted by Gasteiger charge is 2.13. The number of imidazole rings is 1. The van der Waals surface area contributed by atoms with Crippen molar-refractivity contribution in [2.24, 2.45) is 0 Å². The summed E-state index contributed by atoms with van der Waals surface area (Å²) in [7, 11) is 0. The lowest BCUT2D eigenvalue weighted by molar-refractivity contribution is 0.222. The number of hydrogen-bond acceptors (Lipinski definition) is 3. The van der Waals surface area contributed by atoms with Gasteiger partial charge in [-0.15, -0.1) is 0 Å². The predicted molar refractivity (Wildman–Crippen MR) is 83.9 cm³/mol. The summed E-state index contributed by atoms with van der Waals surface area (Å²) in [6, 6.07) is 4.35. The van der Waals surface area contributed by atoms with Gasteiger partial charge in [0.15, 0.2) is 0 Å². The van der Waals surface area contributed by atoms with Crippen LogP contribution in [-0.2, 0) is 6.54 Å². The molecule has 1 aromatic heterocycles. The van der Waals surface area contributed by atoms with Crippen LogP contribution in [0.4, 0.5) is 5.95 Å². The number of likely N-dealkylation sites (tertiary alicyclic amines) is 1. The molecule has 2 heterocycles. The van der Waals surface area contributed by atoms with Gasteiger partial charge in [-0.3, -0.25) is 0 Å². The first-order valence-corrected chi connectivity index (χ1v) is 7.60. The maximum absolute atomic E-state index is 6.10. The van der Waals surface area contributed by atoms with Crippen LogP contribution in [0.1, 0.15) is 30.4 Å². The van der Waals surface area contributed by atoms with Crippen molar-refractivity contribution in [3.05, 3.63) is 23.3 Å². The van der Waals surface area contributed by atoms with Crippen molar-refractivity contribution in [2.45, 2.75) is 39.7 Å². The molecule has 0 spiro atoms. The van der Waals surface area contributed by atoms with Gasteiger partial charge in [0, 0.05) is 13.1 Å². The van der Waals surface area contributed by atoms with Crippen LogP contribution in [0.2, 0.25) is 0 Å². The quantitative estimate of drug-likeness (QED) is 0.934. The van der Waals surface area contributed by atoms with Crippen LogP contribution in [0.5, 0.6) is 0 Å². The Kier molecular flexibility index (Phi) is 3.66. The third-order valence-electron chi connectivity index (χ3n) is 4.48. The molecule has 4 heteroatoms. The number of aryl methyl sites for hydroxylation is 2. The highest BCUT2D eigenvalue weighted by Crippen LogP contribution is 2.22. The standard InChI is InChI=1S/C16H24N4/c1-12-10-14-15(11-13(12)2)20(16(17)18-14)9-8-19-6-4-3-5-7-19/h10-11H,3-9H2,1-2H3,(H2,17,18). The summed E-state index contributed by atoms with van der Waals surface area (Å²) in [5, 5.41) is 0. The zero-order valence-electron chi connectivity index (χ0n) is 12.5. The number of piperidine rings is 1. The van der Waals surface area contributed by atoms with E-state index in [2.05, 4.69) is 40.4 Å². The zero-order valence-corrected chi connectivity index (χ0v) is 12.5. The number of fused-ring (bicyclic) bond motifs is 1. The van der Waals surface area contributed by atoms with Crippen molar-refractivity contribution in [1.29, 1.82) is 0 Å². The van der Waals surface area contributed by atoms with Gasteiger partial charge in [-0.1, -0.05) is 6.42 Å². The van der Waals surface area contributed by atoms with Crippen LogP contribution >= 0.6 is 0 Å². The van der Waals surface area contributed by atoms with E-state index in [4.69, 9.17) is 5.73 Å². The Morgan fingerprint density at radius 1 is 1.05 bits per heavy atom. The third-order valence-corrected chi connectivity index (χ3v) is 4.48. The Bertz CT molecular complexity index is 608. The van der Waals surface area contributed by atoms with Crippen LogP contribution in [0.3, 0.4) is 0 Å². The minimum absolute atomic E-state index is 0.641. The number of aromatic nitrogens is 2. The molecule has 1 saturated heterocycles. The molecule has 2 aromatic rings. The van der Waals surface area contributed by atoms with E-state index in [1.165, 1.54) is 49.0 Å². The molecule has 108 valence electrons. The average Bonchev–Trinajstić information content (AvgIpc) is 2.73. The molecule has 0 unspecified atom stereocenters. The number of rotatable bonds is 3. The largest absolute Gasteiger partial charge is 0.369 e. The molecule has 1 fully saturated rings. The zero-order chi connectivity index (χ0) is 14.1. The summed E-state index contributed by atoms with van der Waals surface area (Å²) < 4.78 is 2.16. The van der Waals surface area contributed by atoms with E-state index in [1.807, 2.05) is 0 Å². The molecule has 0 saturated carbocycles. The smallest absolute Gasteiger partial charge is 0.201 e. The molecule has 20 heavy (non-hydrogen) atoms. The first kappa shape index (κ1) is 13.4. The third kappa shape index (κ3) is 2.52. The van der Waals surface area contributed by atoms with E-state index < -0.39 is 0 Å². The Morgan fingerprint density at radius 2 is 1.75 bits per heavy atom. The number of nitrogens with two attached hydrogens (primary N) is 1. The summed E-state index contributed by atoms with van der Waals surface area (Å²) in [6.45, 7) is 8.73. The summed E-state index contributed by atoms with van der Waals surface area (Å²) in [4.78, 5) is 7.04. The topological polar surface area (TPSA) is 47.1 Å². The van der Waals surface area contributed by atoms with Gasteiger partial charge in [-0.25, -0.2) is 4.98 Å². The van der Waals surface area contributed by atoms with Gasteiger partial charge in [-0.2, -0.15) is 0 Å². The first-order valence-electron chi connectivity index (χ1n) is 7.60. The predicted octanol–water partition coefficient (Wildman–Crippen LogP) is 2.72. The molecule has 0 radical (unpaired) electrons. The maximum Gasteiger partial charge on any atom is 0.201 e. The van der Waals surface area contributed by atoms with Crippen molar-refractivity contribution in [3.8, 4) is 0 Å². The van der Waals surface area contributed by atoms with Crippen LogP contribution in [0, 0.1) is 13.8 Å². The highest BCUT2D eigenvalue weighted by molar-refractivity contribution is 5.80. The molecule has 4 nitrogen and oxygen atoms in total. The molecular weight excluding hydrogens is 248 g/mol. The molecule has 2 N–H and O–H groups in total. The molecule has 0 amide bonds. The first-order chi connectivity index (χ1) is 9.65. The second kappa shape index (κ2) is 5.44. The van der Waals surface area contributed by atoms with Crippen molar-refractivity contribution < 1.29 is 0 Å². The van der Waals surface area contributed by atoms with Gasteiger partial charge >= 0.3 is 0 Å². The van der Waals surface area contributed by atoms with E-state index in [9.17, 15) is 0 Å². The van der Waals surface area contributed by atoms with E-state index in [1.54, 1.807) is 0 Å². The number of anilines is 1. The van der Waals surface area contributed by atoms with Crippen molar-refractivity contribution in [3.63, 3.8) is 0 Å². The SMILES string of the molecule is Cc1cc2nc(N)n(CCN3CCCCC3)c2cc1C. The fraction of sp³-hybridized carbons (Fsp3) is 0.562. The fourth-order valence-electron chi connectivity index (χ4n) is 3.06. The number of nitrogen functional groups attached to an aromatic ring is 1. The second-order valence-corrected chi connectivity index (χ2v) is 5.95. The Labute approximate surface area is 120 Å². The average molecular weight is 272 g/mol. The highest BCUT2D eigenvalue weighted by atomic mass is 15.2. The van der Waals surface area contributed by atoms with Crippen LogP contribution < -0.4 is 5.73 Å². The van der Waals surface area contributed by atoms with Gasteiger partial charge in [-0.05, 0) is 63.0 Å². The summed E-state index contributed by atoms with van der Waals surface area (Å²) in [5.74, 6) is 0.641. The lowest BCUT2D eigenvalue weighted by Crippen LogP contribution is -2.32. The van der Waals surface area contributed by atoms with Crippen molar-refractivity contribution >= 4 is 17.0 Å². The van der Waals surface area contributed by atoms with E-state index in [0.29, 0.717) is 5.95 Å². The van der Waals surface area contributed by atoms with E-state index >= 15 is 0 Å². The molecule has 0 atom stereocenters. The van der Waals surface area contributed by atoms with Gasteiger partial charge in [0.2, 0.25) is 5.95 Å². The monoisotopic (exact) mass is 272 g/mol. The number of hydrogen-bond donors (Lipinski definition) is 1. The van der Waals surface area contributed by atoms with Gasteiger partial charge < -0.3 is 15.2 Å². The van der Waals surface area contributed by atoms with Gasteiger partial charge in [0.1, 0.15) is 0 Å². The second-order valence-electron chi connectivity index (χ2n) is 5.95. The summed E-state index contributed by atoms with van der Waals surface area (Å²) in [6.07, 6.45) is 4.04. The summed E-state index contributed by atoms with van der Waals surface area (Å²) >= 11 is 0. The van der Waals surface area contributed by atoms with Crippen LogP contribution in [0.15, 0.2) is 12.1 Å². The molecule has 1 aliphatic rings. The number of benzene rings is 1. The molecule has 0 bridgehead atoms. The van der Waals surface area contributed by atoms with Crippen molar-refractivity contribution in [2.75, 3.05) is 25.4 Å². The van der Waals surface area contributed by atoms with Gasteiger partial charge in [0.05, 0.1) is 11.0 Å². The van der Waals surface area contributed by atoms with Crippen molar-refractivity contribution in [1.82, 2.24) is 14.5 Å². The minimum Gasteiger partial charge on any atom is -0.369 e. The Hall–Kier alpha value is -1.55. The van der Waals surface area contributed by atoms with E-state index in [-0.39, 0.29) is 0 Å². The molecule has 3 rings (SSSR count). The lowest BCUT2D eigenvalue weighted by atomic mass is 10.1. The molecule has 1 aromatic carbocycles. The Balaban J connectivity index is 1.83. The van der Waals surface area contributed by atoms with Crippen LogP contribution in [-0.4, -0.2) is 34.1 Å². The maximum atomic E-state index is 6.10. The van der Waals surface area contributed by atoms with Gasteiger partial charge in [0.25, 0.3) is 0 Å². The Morgan fingerprint density at radius 3 is 2.50 bits per heavy atom. The van der Waals surface area contributed by atoms with E-state index in [0.717, 1.165) is 18.6 Å². The summed E-state index contributed by atoms with van der Waals surface area (Å²) in [5.41, 5.74) is 10.9. The normalized spacial score (nSPS) is 16.9. The fourth-order valence-corrected chi connectivity index (χ4v) is 3.06. The lowest BCUT2D eigenvalue weighted by Gasteiger charge is -2.26. The number of nitrogens with zero attached hydrogens (tertiary/aromatic N) is 3. The molecular formula is C16H24N4. The van der Waals surface area contributed by atoms with Crippen LogP contribution in [0.25, 0.3) is 11.0 Å². The minimum atomic E-state index is 0.641. The molecule has 0 aliphatic carbocycles. The molecule has 1 aliphatic heterocycles.